The maximum Gasteiger partial charge on any atom is 0.519 e. The van der Waals surface area contributed by atoms with Crippen molar-refractivity contribution in [1.82, 2.24) is 0 Å². The Morgan fingerprint density at radius 2 is 1.54 bits per heavy atom. The van der Waals surface area contributed by atoms with Crippen LogP contribution in [0, 0.1) is 19.8 Å². The fourth-order valence-electron chi connectivity index (χ4n) is 3.00. The highest BCUT2D eigenvalue weighted by Gasteiger charge is 2.28. The summed E-state index contributed by atoms with van der Waals surface area (Å²) < 4.78 is 50.8. The van der Waals surface area contributed by atoms with E-state index in [1.54, 1.807) is 0 Å². The summed E-state index contributed by atoms with van der Waals surface area (Å²) >= 11 is 0. The summed E-state index contributed by atoms with van der Waals surface area (Å²) in [6, 6.07) is 0. The average Bonchev–Trinajstić information content (AvgIpc) is 3.40. The molecule has 0 bridgehead atoms. The molecule has 15 nitrogen and oxygen atoms in total. The maximum atomic E-state index is 12.5. The minimum Gasteiger partial charge on any atom is -0.495 e. The standard InChI is InChI=1S/C23H29O15P/c1-13(32-12-24)17(29-4)9-33-39(34-10-19-15(3)36-23(28)38-19)11-16(21(26)30-5)6-7-20(25)31-8-18-14(2)35-22(27)37-18/h12,16H,6-11H2,1-5H3/b17-13-. The predicted octanol–water partition coefficient (Wildman–Crippen LogP) is 2.60. The zero-order valence-corrected chi connectivity index (χ0v) is 22.9. The van der Waals surface area contributed by atoms with Crippen LogP contribution in [0.25, 0.3) is 0 Å². The van der Waals surface area contributed by atoms with Crippen molar-refractivity contribution in [2.45, 2.75) is 46.8 Å². The van der Waals surface area contributed by atoms with Crippen molar-refractivity contribution in [2.75, 3.05) is 27.0 Å². The molecule has 39 heavy (non-hydrogen) atoms. The van der Waals surface area contributed by atoms with Crippen LogP contribution in [0.5, 0.6) is 0 Å². The smallest absolute Gasteiger partial charge is 0.495 e. The fourth-order valence-corrected chi connectivity index (χ4v) is 4.50. The molecule has 0 saturated heterocycles. The number of carbonyl (C=O) groups is 3. The van der Waals surface area contributed by atoms with Crippen LogP contribution in [0.15, 0.2) is 38.8 Å². The minimum absolute atomic E-state index is 0.00541. The molecule has 216 valence electrons. The van der Waals surface area contributed by atoms with Gasteiger partial charge >= 0.3 is 23.6 Å². The summed E-state index contributed by atoms with van der Waals surface area (Å²) in [4.78, 5) is 57.9. The van der Waals surface area contributed by atoms with E-state index in [0.29, 0.717) is 0 Å². The molecule has 0 N–H and O–H groups in total. The topological polar surface area (TPSA) is 193 Å². The van der Waals surface area contributed by atoms with E-state index < -0.39 is 37.9 Å². The quantitative estimate of drug-likeness (QED) is 0.0876. The molecule has 0 radical (unpaired) electrons. The average molecular weight is 576 g/mol. The van der Waals surface area contributed by atoms with E-state index in [1.807, 2.05) is 0 Å². The van der Waals surface area contributed by atoms with Gasteiger partial charge < -0.3 is 45.7 Å². The van der Waals surface area contributed by atoms with Crippen molar-refractivity contribution in [3.05, 3.63) is 55.8 Å². The lowest BCUT2D eigenvalue weighted by atomic mass is 10.1. The van der Waals surface area contributed by atoms with E-state index in [-0.39, 0.29) is 79.9 Å². The Hall–Kier alpha value is -3.68. The van der Waals surface area contributed by atoms with Crippen LogP contribution >= 0.6 is 8.38 Å². The Bertz CT molecular complexity index is 1250. The Labute approximate surface area is 222 Å². The van der Waals surface area contributed by atoms with Crippen molar-refractivity contribution in [3.8, 4) is 0 Å². The number of esters is 2. The fraction of sp³-hybridized carbons (Fsp3) is 0.522. The van der Waals surface area contributed by atoms with Gasteiger partial charge in [-0.1, -0.05) is 0 Å². The number of ether oxygens (including phenoxy) is 4. The van der Waals surface area contributed by atoms with E-state index in [1.165, 1.54) is 35.0 Å². The SMILES string of the molecule is COC(=O)C(CCC(=O)OCc1oc(=O)oc1C)CP(OC/C(OC)=C(\C)OC=O)OCc1oc(=O)oc1C. The molecule has 0 aliphatic heterocycles. The van der Waals surface area contributed by atoms with Crippen LogP contribution in [-0.2, 0) is 55.6 Å². The van der Waals surface area contributed by atoms with Crippen LogP contribution in [0.3, 0.4) is 0 Å². The van der Waals surface area contributed by atoms with Gasteiger partial charge in [0.1, 0.15) is 24.7 Å². The number of allylic oxidation sites excluding steroid dienone is 1. The van der Waals surface area contributed by atoms with Gasteiger partial charge in [0.2, 0.25) is 0 Å². The molecule has 2 unspecified atom stereocenters. The van der Waals surface area contributed by atoms with Crippen molar-refractivity contribution in [2.24, 2.45) is 5.92 Å². The van der Waals surface area contributed by atoms with Crippen molar-refractivity contribution >= 4 is 26.8 Å². The van der Waals surface area contributed by atoms with Crippen LogP contribution < -0.4 is 11.6 Å². The summed E-state index contributed by atoms with van der Waals surface area (Å²) in [5, 5.41) is 0. The Morgan fingerprint density at radius 3 is 2.05 bits per heavy atom. The van der Waals surface area contributed by atoms with Crippen molar-refractivity contribution in [3.63, 3.8) is 0 Å². The second-order valence-corrected chi connectivity index (χ2v) is 9.29. The normalized spacial score (nSPS) is 13.3. The molecule has 2 rings (SSSR count). The molecule has 0 spiro atoms. The molecule has 0 fully saturated rings. The number of hydrogen-bond donors (Lipinski definition) is 0. The lowest BCUT2D eigenvalue weighted by Gasteiger charge is -2.22. The molecule has 0 saturated carbocycles. The number of rotatable bonds is 17. The van der Waals surface area contributed by atoms with Gasteiger partial charge in [-0.15, -0.1) is 0 Å². The lowest BCUT2D eigenvalue weighted by Crippen LogP contribution is -2.22. The monoisotopic (exact) mass is 576 g/mol. The molecule has 0 aliphatic rings. The summed E-state index contributed by atoms with van der Waals surface area (Å²) in [7, 11) is 0.650. The lowest BCUT2D eigenvalue weighted by molar-refractivity contribution is -0.148. The van der Waals surface area contributed by atoms with E-state index in [4.69, 9.17) is 45.7 Å². The molecule has 0 aliphatic carbocycles. The van der Waals surface area contributed by atoms with Gasteiger partial charge in [0.25, 0.3) is 6.47 Å². The highest BCUT2D eigenvalue weighted by atomic mass is 31.2. The van der Waals surface area contributed by atoms with E-state index in [9.17, 15) is 24.0 Å². The molecule has 0 amide bonds. The number of aryl methyl sites for hydroxylation is 2. The van der Waals surface area contributed by atoms with Crippen LogP contribution in [-0.4, -0.2) is 45.4 Å². The second kappa shape index (κ2) is 15.7. The van der Waals surface area contributed by atoms with E-state index >= 15 is 0 Å². The van der Waals surface area contributed by atoms with Gasteiger partial charge in [0.15, 0.2) is 38.0 Å². The van der Waals surface area contributed by atoms with Crippen molar-refractivity contribution < 1.29 is 60.0 Å². The van der Waals surface area contributed by atoms with Gasteiger partial charge in [-0.05, 0) is 27.2 Å². The van der Waals surface area contributed by atoms with Gasteiger partial charge in [-0.2, -0.15) is 0 Å². The van der Waals surface area contributed by atoms with E-state index in [2.05, 4.69) is 0 Å². The number of carbonyl (C=O) groups excluding carboxylic acids is 3. The third-order valence-electron chi connectivity index (χ3n) is 5.18. The number of hydrogen-bond acceptors (Lipinski definition) is 15. The first-order chi connectivity index (χ1) is 18.6. The zero-order valence-electron chi connectivity index (χ0n) is 22.0. The molecule has 2 aromatic rings. The van der Waals surface area contributed by atoms with Gasteiger partial charge in [-0.25, -0.2) is 9.59 Å². The summed E-state index contributed by atoms with van der Waals surface area (Å²) in [5.74, 6) is -3.06. The highest BCUT2D eigenvalue weighted by Crippen LogP contribution is 2.43. The second-order valence-electron chi connectivity index (χ2n) is 7.75. The highest BCUT2D eigenvalue weighted by molar-refractivity contribution is 7.47. The minimum atomic E-state index is -1.89. The summed E-state index contributed by atoms with van der Waals surface area (Å²) in [5.41, 5.74) is 0. The van der Waals surface area contributed by atoms with Crippen molar-refractivity contribution in [1.29, 1.82) is 0 Å². The maximum absolute atomic E-state index is 12.5. The Morgan fingerprint density at radius 1 is 0.923 bits per heavy atom. The molecule has 16 heteroatoms. The van der Waals surface area contributed by atoms with E-state index in [0.717, 1.165) is 0 Å². The molecule has 2 heterocycles. The van der Waals surface area contributed by atoms with Crippen LogP contribution in [0.1, 0.15) is 42.8 Å². The largest absolute Gasteiger partial charge is 0.519 e. The van der Waals surface area contributed by atoms with Gasteiger partial charge in [-0.3, -0.25) is 14.4 Å². The Balaban J connectivity index is 2.09. The van der Waals surface area contributed by atoms with Crippen LogP contribution in [0.2, 0.25) is 0 Å². The van der Waals surface area contributed by atoms with Crippen LogP contribution in [0.4, 0.5) is 0 Å². The molecule has 0 aromatic carbocycles. The van der Waals surface area contributed by atoms with Gasteiger partial charge in [0.05, 0.1) is 20.1 Å². The first-order valence-corrected chi connectivity index (χ1v) is 12.7. The third kappa shape index (κ3) is 10.2. The predicted molar refractivity (Wildman–Crippen MR) is 128 cm³/mol. The zero-order chi connectivity index (χ0) is 28.9. The molecule has 2 aromatic heterocycles. The van der Waals surface area contributed by atoms with Gasteiger partial charge in [0, 0.05) is 12.6 Å². The Kier molecular flexibility index (Phi) is 12.7. The molecular weight excluding hydrogens is 547 g/mol. The summed E-state index contributed by atoms with van der Waals surface area (Å²) in [6.07, 6.45) is -0.211. The molecular formula is C23H29O15P. The third-order valence-corrected chi connectivity index (χ3v) is 6.75. The first kappa shape index (κ1) is 31.5. The number of methoxy groups -OCH3 is 2. The first-order valence-electron chi connectivity index (χ1n) is 11.4. The molecule has 2 atom stereocenters. The summed E-state index contributed by atoms with van der Waals surface area (Å²) in [6.45, 7) is 3.98.